The number of rotatable bonds is 7. The molecular formula is C20H27N5O3. The maximum Gasteiger partial charge on any atom is 0.309 e. The van der Waals surface area contributed by atoms with E-state index in [4.69, 9.17) is 4.42 Å². The van der Waals surface area contributed by atoms with Gasteiger partial charge in [-0.1, -0.05) is 13.0 Å². The van der Waals surface area contributed by atoms with E-state index in [0.29, 0.717) is 12.3 Å². The molecule has 8 nitrogen and oxygen atoms in total. The van der Waals surface area contributed by atoms with E-state index in [9.17, 15) is 9.59 Å². The molecule has 3 heterocycles. The summed E-state index contributed by atoms with van der Waals surface area (Å²) in [5.74, 6) is -0.715. The van der Waals surface area contributed by atoms with Crippen molar-refractivity contribution in [3.8, 4) is 0 Å². The average molecular weight is 385 g/mol. The van der Waals surface area contributed by atoms with Crippen LogP contribution in [0.15, 0.2) is 47.3 Å². The lowest BCUT2D eigenvalue weighted by molar-refractivity contribution is -0.139. The highest BCUT2D eigenvalue weighted by Gasteiger charge is 2.26. The van der Waals surface area contributed by atoms with E-state index in [1.807, 2.05) is 18.3 Å². The Kier molecular flexibility index (Phi) is 7.16. The van der Waals surface area contributed by atoms with Crippen molar-refractivity contribution in [2.45, 2.75) is 19.5 Å². The van der Waals surface area contributed by atoms with Crippen LogP contribution in [0.25, 0.3) is 0 Å². The number of hydrogen-bond donors (Lipinski definition) is 2. The predicted octanol–water partition coefficient (Wildman–Crippen LogP) is 0.786. The molecule has 0 aliphatic carbocycles. The van der Waals surface area contributed by atoms with Crippen LogP contribution in [-0.4, -0.2) is 65.9 Å². The summed E-state index contributed by atoms with van der Waals surface area (Å²) < 4.78 is 5.15. The zero-order valence-corrected chi connectivity index (χ0v) is 16.1. The van der Waals surface area contributed by atoms with Crippen molar-refractivity contribution in [1.82, 2.24) is 25.4 Å². The summed E-state index contributed by atoms with van der Waals surface area (Å²) in [7, 11) is 0. The van der Waals surface area contributed by atoms with Crippen LogP contribution in [0.4, 0.5) is 0 Å². The zero-order chi connectivity index (χ0) is 19.8. The number of carbonyl (C=O) groups excluding carboxylic acids is 2. The van der Waals surface area contributed by atoms with Gasteiger partial charge in [-0.15, -0.1) is 0 Å². The van der Waals surface area contributed by atoms with Crippen molar-refractivity contribution >= 4 is 11.8 Å². The third-order valence-corrected chi connectivity index (χ3v) is 5.03. The van der Waals surface area contributed by atoms with Crippen molar-refractivity contribution < 1.29 is 14.0 Å². The van der Waals surface area contributed by atoms with Gasteiger partial charge in [-0.05, 0) is 30.3 Å². The molecule has 2 N–H and O–H groups in total. The van der Waals surface area contributed by atoms with E-state index >= 15 is 0 Å². The Morgan fingerprint density at radius 3 is 2.57 bits per heavy atom. The van der Waals surface area contributed by atoms with Crippen molar-refractivity contribution in [3.05, 3.63) is 54.2 Å². The van der Waals surface area contributed by atoms with Gasteiger partial charge in [0.1, 0.15) is 5.76 Å². The molecule has 2 aromatic heterocycles. The third-order valence-electron chi connectivity index (χ3n) is 5.03. The molecule has 0 spiro atoms. The van der Waals surface area contributed by atoms with Crippen molar-refractivity contribution in [2.24, 2.45) is 0 Å². The van der Waals surface area contributed by atoms with Gasteiger partial charge < -0.3 is 20.0 Å². The molecule has 1 aliphatic rings. The molecule has 1 fully saturated rings. The first-order valence-electron chi connectivity index (χ1n) is 9.62. The van der Waals surface area contributed by atoms with Crippen LogP contribution in [0, 0.1) is 0 Å². The van der Waals surface area contributed by atoms with Crippen molar-refractivity contribution in [2.75, 3.05) is 39.3 Å². The predicted molar refractivity (Wildman–Crippen MR) is 104 cm³/mol. The van der Waals surface area contributed by atoms with E-state index in [2.05, 4.69) is 32.3 Å². The van der Waals surface area contributed by atoms with Gasteiger partial charge in [-0.3, -0.25) is 19.5 Å². The lowest BCUT2D eigenvalue weighted by Gasteiger charge is -2.39. The van der Waals surface area contributed by atoms with E-state index in [0.717, 1.165) is 38.3 Å². The van der Waals surface area contributed by atoms with E-state index in [1.54, 1.807) is 18.3 Å². The minimum Gasteiger partial charge on any atom is -0.467 e. The number of pyridine rings is 1. The lowest BCUT2D eigenvalue weighted by atomic mass is 10.1. The Balaban J connectivity index is 1.56. The van der Waals surface area contributed by atoms with E-state index in [1.165, 1.54) is 6.26 Å². The molecule has 150 valence electrons. The number of carbonyl (C=O) groups is 2. The second-order valence-electron chi connectivity index (χ2n) is 6.74. The highest BCUT2D eigenvalue weighted by atomic mass is 16.3. The van der Waals surface area contributed by atoms with Crippen LogP contribution in [0.3, 0.4) is 0 Å². The second kappa shape index (κ2) is 10.0. The monoisotopic (exact) mass is 385 g/mol. The fraction of sp³-hybridized carbons (Fsp3) is 0.450. The summed E-state index contributed by atoms with van der Waals surface area (Å²) in [6.07, 6.45) is 5.08. The van der Waals surface area contributed by atoms with Crippen LogP contribution >= 0.6 is 0 Å². The van der Waals surface area contributed by atoms with Gasteiger partial charge in [0.15, 0.2) is 0 Å². The largest absolute Gasteiger partial charge is 0.467 e. The van der Waals surface area contributed by atoms with Gasteiger partial charge in [0, 0.05) is 45.1 Å². The highest BCUT2D eigenvalue weighted by molar-refractivity contribution is 6.35. The number of hydrogen-bond acceptors (Lipinski definition) is 6. The summed E-state index contributed by atoms with van der Waals surface area (Å²) >= 11 is 0. The molecule has 0 unspecified atom stereocenters. The molecular weight excluding hydrogens is 358 g/mol. The first kappa shape index (κ1) is 20.0. The van der Waals surface area contributed by atoms with Gasteiger partial charge in [-0.25, -0.2) is 0 Å². The number of amides is 2. The standard InChI is InChI=1S/C20H27N5O3/c1-2-24-8-10-25(11-9-24)18(16-5-3-7-21-13-16)15-23-20(27)19(26)22-14-17-6-4-12-28-17/h3-7,12-13,18H,2,8-11,14-15H2,1H3,(H,22,26)(H,23,27)/t18-/m0/s1. The average Bonchev–Trinajstić information content (AvgIpc) is 3.27. The Bertz CT molecular complexity index is 742. The number of piperazine rings is 1. The molecule has 1 aliphatic heterocycles. The zero-order valence-electron chi connectivity index (χ0n) is 16.1. The van der Waals surface area contributed by atoms with Gasteiger partial charge >= 0.3 is 11.8 Å². The summed E-state index contributed by atoms with van der Waals surface area (Å²) in [4.78, 5) is 33.2. The number of furan rings is 1. The maximum absolute atomic E-state index is 12.2. The third kappa shape index (κ3) is 5.40. The number of likely N-dealkylation sites (N-methyl/N-ethyl adjacent to an activating group) is 1. The fourth-order valence-corrected chi connectivity index (χ4v) is 3.35. The molecule has 0 saturated carbocycles. The summed E-state index contributed by atoms with van der Waals surface area (Å²) in [5.41, 5.74) is 1.03. The smallest absolute Gasteiger partial charge is 0.309 e. The van der Waals surface area contributed by atoms with Crippen LogP contribution < -0.4 is 10.6 Å². The first-order chi connectivity index (χ1) is 13.7. The molecule has 0 bridgehead atoms. The second-order valence-corrected chi connectivity index (χ2v) is 6.74. The van der Waals surface area contributed by atoms with Crippen LogP contribution in [-0.2, 0) is 16.1 Å². The summed E-state index contributed by atoms with van der Waals surface area (Å²) in [6.45, 7) is 7.54. The molecule has 0 radical (unpaired) electrons. The normalized spacial score (nSPS) is 16.5. The maximum atomic E-state index is 12.2. The number of nitrogens with zero attached hydrogens (tertiary/aromatic N) is 3. The summed E-state index contributed by atoms with van der Waals surface area (Å²) in [5, 5.41) is 5.33. The Morgan fingerprint density at radius 1 is 1.14 bits per heavy atom. The van der Waals surface area contributed by atoms with Gasteiger partial charge in [0.05, 0.1) is 18.8 Å². The van der Waals surface area contributed by atoms with E-state index < -0.39 is 11.8 Å². The molecule has 1 atom stereocenters. The van der Waals surface area contributed by atoms with Crippen molar-refractivity contribution in [1.29, 1.82) is 0 Å². The minimum atomic E-state index is -0.669. The minimum absolute atomic E-state index is 0.0190. The number of aromatic nitrogens is 1. The quantitative estimate of drug-likeness (QED) is 0.685. The molecule has 2 aromatic rings. The van der Waals surface area contributed by atoms with Crippen LogP contribution in [0.1, 0.15) is 24.3 Å². The van der Waals surface area contributed by atoms with E-state index in [-0.39, 0.29) is 12.6 Å². The topological polar surface area (TPSA) is 90.7 Å². The Hall–Kier alpha value is -2.71. The lowest BCUT2D eigenvalue weighted by Crippen LogP contribution is -2.50. The van der Waals surface area contributed by atoms with Gasteiger partial charge in [-0.2, -0.15) is 0 Å². The fourth-order valence-electron chi connectivity index (χ4n) is 3.35. The molecule has 8 heteroatoms. The van der Waals surface area contributed by atoms with Gasteiger partial charge in [0.2, 0.25) is 0 Å². The SMILES string of the molecule is CCN1CCN([C@@H](CNC(=O)C(=O)NCc2ccco2)c2cccnc2)CC1. The number of nitrogens with one attached hydrogen (secondary N) is 2. The van der Waals surface area contributed by atoms with Gasteiger partial charge in [0.25, 0.3) is 0 Å². The molecule has 3 rings (SSSR count). The Labute approximate surface area is 164 Å². The summed E-state index contributed by atoms with van der Waals surface area (Å²) in [6, 6.07) is 7.36. The molecule has 2 amide bonds. The molecule has 1 saturated heterocycles. The van der Waals surface area contributed by atoms with Crippen LogP contribution in [0.2, 0.25) is 0 Å². The first-order valence-corrected chi connectivity index (χ1v) is 9.62. The molecule has 0 aromatic carbocycles. The van der Waals surface area contributed by atoms with Crippen LogP contribution in [0.5, 0.6) is 0 Å². The van der Waals surface area contributed by atoms with Crippen molar-refractivity contribution in [3.63, 3.8) is 0 Å². The Morgan fingerprint density at radius 2 is 1.93 bits per heavy atom. The highest BCUT2D eigenvalue weighted by Crippen LogP contribution is 2.21. The molecule has 28 heavy (non-hydrogen) atoms.